The van der Waals surface area contributed by atoms with E-state index < -0.39 is 5.97 Å². The number of aromatic nitrogens is 2. The summed E-state index contributed by atoms with van der Waals surface area (Å²) in [6.45, 7) is 1.11. The third-order valence-electron chi connectivity index (χ3n) is 1.69. The van der Waals surface area contributed by atoms with Gasteiger partial charge in [-0.25, -0.2) is 4.98 Å². The lowest BCUT2D eigenvalue weighted by Crippen LogP contribution is -2.36. The molecule has 1 rings (SSSR count). The largest absolute Gasteiger partial charge is 0.545 e. The van der Waals surface area contributed by atoms with Crippen molar-refractivity contribution in [1.82, 2.24) is 9.97 Å². The number of nitrogens with one attached hydrogen (secondary N) is 1. The Hall–Kier alpha value is -1.08. The van der Waals surface area contributed by atoms with Crippen molar-refractivity contribution in [2.45, 2.75) is 0 Å². The number of aromatic amines is 1. The molecule has 0 spiro atoms. The number of aliphatic carboxylic acids is 1. The highest BCUT2D eigenvalue weighted by Crippen LogP contribution is 1.92. The van der Waals surface area contributed by atoms with E-state index in [4.69, 9.17) is 5.11 Å². The Kier molecular flexibility index (Phi) is 14.5. The van der Waals surface area contributed by atoms with Gasteiger partial charge < -0.3 is 24.5 Å². The van der Waals surface area contributed by atoms with Crippen molar-refractivity contribution in [3.63, 3.8) is 0 Å². The lowest BCUT2D eigenvalue weighted by atomic mass is 10.4. The van der Waals surface area contributed by atoms with Crippen molar-refractivity contribution in [2.24, 2.45) is 0 Å². The summed E-state index contributed by atoms with van der Waals surface area (Å²) in [6, 6.07) is 0. The van der Waals surface area contributed by atoms with Crippen LogP contribution in [0.25, 0.3) is 6.08 Å². The normalized spacial score (nSPS) is 9.89. The predicted molar refractivity (Wildman–Crippen MR) is 77.1 cm³/mol. The highest BCUT2D eigenvalue weighted by atomic mass is 35.5. The molecule has 6 nitrogen and oxygen atoms in total. The number of carbonyl (C=O) groups excluding carboxylic acids is 1. The van der Waals surface area contributed by atoms with Gasteiger partial charge in [-0.2, -0.15) is 0 Å². The number of H-pyrrole nitrogens is 1. The van der Waals surface area contributed by atoms with E-state index in [1.165, 1.54) is 18.6 Å². The summed E-state index contributed by atoms with van der Waals surface area (Å²) >= 11 is 0. The molecule has 0 unspecified atom stereocenters. The molecule has 0 amide bonds. The number of likely N-dealkylation sites (N-methyl/N-ethyl adjacent to an activating group) is 1. The molecule has 0 atom stereocenters. The highest BCUT2D eigenvalue weighted by molar-refractivity contribution is 5.85. The van der Waals surface area contributed by atoms with Gasteiger partial charge in [-0.05, 0) is 12.2 Å². The van der Waals surface area contributed by atoms with Crippen LogP contribution in [0.5, 0.6) is 0 Å². The van der Waals surface area contributed by atoms with E-state index in [1.54, 1.807) is 0 Å². The van der Waals surface area contributed by atoms with Gasteiger partial charge in [0.05, 0.1) is 51.9 Å². The molecule has 1 aromatic heterocycles. The number of imidazole rings is 1. The zero-order chi connectivity index (χ0) is 13.3. The molecule has 0 aromatic carbocycles. The van der Waals surface area contributed by atoms with Crippen LogP contribution in [0.2, 0.25) is 0 Å². The Morgan fingerprint density at radius 3 is 2.32 bits per heavy atom. The molecule has 0 aliphatic heterocycles. The maximum absolute atomic E-state index is 9.86. The van der Waals surface area contributed by atoms with E-state index >= 15 is 0 Å². The first kappa shape index (κ1) is 23.0. The summed E-state index contributed by atoms with van der Waals surface area (Å²) in [7, 11) is 6.16. The fourth-order valence-electron chi connectivity index (χ4n) is 0.816. The second-order valence-corrected chi connectivity index (χ2v) is 4.40. The summed E-state index contributed by atoms with van der Waals surface area (Å²) in [5, 5.41) is 18.2. The van der Waals surface area contributed by atoms with Crippen molar-refractivity contribution in [2.75, 3.05) is 34.3 Å². The lowest BCUT2D eigenvalue weighted by Gasteiger charge is -2.21. The fraction of sp³-hybridized carbons (Fsp3) is 0.455. The number of aliphatic hydroxyl groups is 1. The van der Waals surface area contributed by atoms with Crippen LogP contribution in [0.15, 0.2) is 18.6 Å². The van der Waals surface area contributed by atoms with E-state index in [2.05, 4.69) is 31.1 Å². The van der Waals surface area contributed by atoms with Gasteiger partial charge in [0.15, 0.2) is 0 Å². The number of hydrogen-bond acceptors (Lipinski definition) is 4. The van der Waals surface area contributed by atoms with Crippen LogP contribution in [-0.4, -0.2) is 59.8 Å². The van der Waals surface area contributed by atoms with Crippen LogP contribution in [0.4, 0.5) is 0 Å². The molecule has 1 heterocycles. The average molecular weight is 314 g/mol. The zero-order valence-corrected chi connectivity index (χ0v) is 12.8. The molecule has 2 N–H and O–H groups in total. The first-order chi connectivity index (χ1) is 7.85. The monoisotopic (exact) mass is 313 g/mol. The van der Waals surface area contributed by atoms with Crippen LogP contribution in [0.1, 0.15) is 5.69 Å². The summed E-state index contributed by atoms with van der Waals surface area (Å²) in [5.41, 5.74) is 0.643. The van der Waals surface area contributed by atoms with Crippen LogP contribution >= 0.6 is 24.8 Å². The molecule has 0 saturated carbocycles. The molecule has 1 aromatic rings. The molecular weight excluding hydrogens is 293 g/mol. The van der Waals surface area contributed by atoms with Crippen LogP contribution in [-0.2, 0) is 4.79 Å². The van der Waals surface area contributed by atoms with Gasteiger partial charge >= 0.3 is 0 Å². The third-order valence-corrected chi connectivity index (χ3v) is 1.69. The molecule has 0 aliphatic rings. The minimum atomic E-state index is -1.21. The van der Waals surface area contributed by atoms with E-state index in [0.717, 1.165) is 17.1 Å². The van der Waals surface area contributed by atoms with Gasteiger partial charge in [-0.15, -0.1) is 24.8 Å². The van der Waals surface area contributed by atoms with Crippen molar-refractivity contribution >= 4 is 36.9 Å². The molecule has 112 valence electrons. The smallest absolute Gasteiger partial charge is 0.101 e. The van der Waals surface area contributed by atoms with Crippen molar-refractivity contribution in [1.29, 1.82) is 0 Å². The Bertz CT molecular complexity index is 349. The van der Waals surface area contributed by atoms with Crippen molar-refractivity contribution < 1.29 is 19.5 Å². The number of carboxylic acids is 1. The van der Waals surface area contributed by atoms with Gasteiger partial charge in [-0.3, -0.25) is 0 Å². The number of rotatable bonds is 4. The Balaban J connectivity index is -0.000000258. The van der Waals surface area contributed by atoms with E-state index in [-0.39, 0.29) is 31.4 Å². The number of nitrogens with zero attached hydrogens (tertiary/aromatic N) is 2. The summed E-state index contributed by atoms with van der Waals surface area (Å²) in [6.07, 6.45) is 5.30. The first-order valence-electron chi connectivity index (χ1n) is 5.14. The summed E-state index contributed by atoms with van der Waals surface area (Å²) < 4.78 is 0.844. The maximum atomic E-state index is 9.86. The van der Waals surface area contributed by atoms with E-state index in [1.807, 2.05) is 0 Å². The third kappa shape index (κ3) is 16.9. The molecule has 0 saturated heterocycles. The van der Waals surface area contributed by atoms with Crippen molar-refractivity contribution in [3.8, 4) is 0 Å². The number of carboxylic acid groups (broad SMARTS) is 1. The maximum Gasteiger partial charge on any atom is 0.101 e. The SMILES string of the molecule is C[N+](C)(C)CCO.Cl.Cl.O=C([O-])/C=C/c1cnc[nH]1. The second-order valence-electron chi connectivity index (χ2n) is 4.40. The number of aliphatic hydroxyl groups excluding tert-OH is 1. The predicted octanol–water partition coefficient (Wildman–Crippen LogP) is -0.299. The fourth-order valence-corrected chi connectivity index (χ4v) is 0.816. The van der Waals surface area contributed by atoms with Gasteiger partial charge in [0.1, 0.15) is 6.54 Å². The Morgan fingerprint density at radius 2 is 2.05 bits per heavy atom. The lowest BCUT2D eigenvalue weighted by molar-refractivity contribution is -0.870. The standard InChI is InChI=1S/C6H6N2O2.C5H14NO.2ClH/c9-6(10)2-1-5-3-7-4-8-5;1-6(2,3)4-5-7;;/h1-4H,(H,7,8)(H,9,10);7H,4-5H2,1-3H3;2*1H/q;+1;;/p-1/b2-1+;;;. The number of hydrogen-bond donors (Lipinski definition) is 2. The van der Waals surface area contributed by atoms with Crippen LogP contribution in [0, 0.1) is 0 Å². The molecule has 8 heteroatoms. The minimum absolute atomic E-state index is 0. The van der Waals surface area contributed by atoms with Crippen LogP contribution in [0.3, 0.4) is 0 Å². The van der Waals surface area contributed by atoms with Crippen LogP contribution < -0.4 is 5.11 Å². The zero-order valence-electron chi connectivity index (χ0n) is 11.2. The van der Waals surface area contributed by atoms with Gasteiger partial charge in [0, 0.05) is 0 Å². The van der Waals surface area contributed by atoms with Gasteiger partial charge in [-0.1, -0.05) is 0 Å². The van der Waals surface area contributed by atoms with Gasteiger partial charge in [0.25, 0.3) is 0 Å². The topological polar surface area (TPSA) is 89.0 Å². The Labute approximate surface area is 125 Å². The van der Waals surface area contributed by atoms with Gasteiger partial charge in [0.2, 0.25) is 0 Å². The first-order valence-corrected chi connectivity index (χ1v) is 5.14. The Morgan fingerprint density at radius 1 is 1.47 bits per heavy atom. The minimum Gasteiger partial charge on any atom is -0.545 e. The number of quaternary nitrogens is 1. The number of carbonyl (C=O) groups is 1. The molecule has 19 heavy (non-hydrogen) atoms. The molecule has 0 bridgehead atoms. The summed E-state index contributed by atoms with van der Waals surface area (Å²) in [4.78, 5) is 16.2. The molecule has 0 radical (unpaired) electrons. The van der Waals surface area contributed by atoms with E-state index in [9.17, 15) is 9.90 Å². The summed E-state index contributed by atoms with van der Waals surface area (Å²) in [5.74, 6) is -1.21. The molecular formula is C11H21Cl2N3O3. The van der Waals surface area contributed by atoms with Crippen molar-refractivity contribution in [3.05, 3.63) is 24.3 Å². The highest BCUT2D eigenvalue weighted by Gasteiger charge is 2.02. The molecule has 0 fully saturated rings. The average Bonchev–Trinajstić information content (AvgIpc) is 2.66. The quantitative estimate of drug-likeness (QED) is 0.590. The second kappa shape index (κ2) is 12.0. The van der Waals surface area contributed by atoms with E-state index in [0.29, 0.717) is 5.69 Å². The number of halogens is 2. The molecule has 0 aliphatic carbocycles.